The van der Waals surface area contributed by atoms with Gasteiger partial charge < -0.3 is 10.0 Å². The van der Waals surface area contributed by atoms with Gasteiger partial charge in [-0.25, -0.2) is 0 Å². The third-order valence-electron chi connectivity index (χ3n) is 5.58. The lowest BCUT2D eigenvalue weighted by atomic mass is 9.81. The number of carbonyl (C=O) groups is 2. The minimum Gasteiger partial charge on any atom is -0.385 e. The van der Waals surface area contributed by atoms with Crippen molar-refractivity contribution in [2.24, 2.45) is 5.92 Å². The molecule has 1 aliphatic heterocycles. The third kappa shape index (κ3) is 3.54. The third-order valence-corrected chi connectivity index (χ3v) is 5.58. The second-order valence-corrected chi connectivity index (χ2v) is 7.43. The van der Waals surface area contributed by atoms with Gasteiger partial charge in [-0.1, -0.05) is 36.8 Å². The maximum Gasteiger partial charge on any atom is 0.226 e. The maximum atomic E-state index is 12.8. The quantitative estimate of drug-likeness (QED) is 0.924. The van der Waals surface area contributed by atoms with Crippen LogP contribution in [0.2, 0.25) is 0 Å². The molecule has 1 aromatic carbocycles. The number of hydrogen-bond acceptors (Lipinski definition) is 3. The summed E-state index contributed by atoms with van der Waals surface area (Å²) >= 11 is 0. The largest absolute Gasteiger partial charge is 0.385 e. The van der Waals surface area contributed by atoms with Gasteiger partial charge in [0.25, 0.3) is 0 Å². The van der Waals surface area contributed by atoms with Gasteiger partial charge in [0, 0.05) is 24.9 Å². The number of rotatable bonds is 4. The minimum absolute atomic E-state index is 0.00637. The van der Waals surface area contributed by atoms with Gasteiger partial charge in [0.2, 0.25) is 5.91 Å². The Morgan fingerprint density at radius 3 is 2.67 bits per heavy atom. The Balaban J connectivity index is 1.70. The van der Waals surface area contributed by atoms with E-state index in [1.165, 1.54) is 0 Å². The SMILES string of the molecule is CC(O)(CC(=O)N1CCCC1C1CCCCC1=O)c1ccccc1. The molecular weight excluding hydrogens is 302 g/mol. The Morgan fingerprint density at radius 1 is 1.21 bits per heavy atom. The summed E-state index contributed by atoms with van der Waals surface area (Å²) in [5.74, 6) is 0.289. The molecule has 1 heterocycles. The molecule has 0 radical (unpaired) electrons. The lowest BCUT2D eigenvalue weighted by Crippen LogP contribution is -2.45. The molecule has 3 rings (SSSR count). The normalized spacial score (nSPS) is 27.1. The van der Waals surface area contributed by atoms with Crippen LogP contribution < -0.4 is 0 Å². The molecule has 1 aliphatic carbocycles. The van der Waals surface area contributed by atoms with Gasteiger partial charge in [0.15, 0.2) is 0 Å². The fourth-order valence-corrected chi connectivity index (χ4v) is 4.23. The van der Waals surface area contributed by atoms with Crippen molar-refractivity contribution in [1.82, 2.24) is 4.90 Å². The van der Waals surface area contributed by atoms with E-state index >= 15 is 0 Å². The molecule has 0 bridgehead atoms. The van der Waals surface area contributed by atoms with Crippen LogP contribution in [0.4, 0.5) is 0 Å². The predicted octanol–water partition coefficient (Wildman–Crippen LogP) is 3.03. The second-order valence-electron chi connectivity index (χ2n) is 7.43. The lowest BCUT2D eigenvalue weighted by molar-refractivity contribution is -0.139. The summed E-state index contributed by atoms with van der Waals surface area (Å²) < 4.78 is 0. The number of Topliss-reactive ketones (excluding diaryl/α,β-unsaturated/α-hetero) is 1. The molecule has 2 fully saturated rings. The van der Waals surface area contributed by atoms with Crippen molar-refractivity contribution in [3.05, 3.63) is 35.9 Å². The predicted molar refractivity (Wildman–Crippen MR) is 92.3 cm³/mol. The van der Waals surface area contributed by atoms with Gasteiger partial charge in [-0.15, -0.1) is 0 Å². The van der Waals surface area contributed by atoms with Crippen LogP contribution in [0.15, 0.2) is 30.3 Å². The van der Waals surface area contributed by atoms with Crippen molar-refractivity contribution in [2.75, 3.05) is 6.54 Å². The fourth-order valence-electron chi connectivity index (χ4n) is 4.23. The Bertz CT molecular complexity index is 596. The summed E-state index contributed by atoms with van der Waals surface area (Å²) in [6.45, 7) is 2.40. The van der Waals surface area contributed by atoms with Crippen molar-refractivity contribution >= 4 is 11.7 Å². The average molecular weight is 329 g/mol. The monoisotopic (exact) mass is 329 g/mol. The van der Waals surface area contributed by atoms with Gasteiger partial charge in [0.05, 0.1) is 12.0 Å². The molecule has 1 aromatic rings. The summed E-state index contributed by atoms with van der Waals surface area (Å²) in [5.41, 5.74) is -0.426. The molecule has 3 atom stereocenters. The van der Waals surface area contributed by atoms with E-state index in [-0.39, 0.29) is 24.3 Å². The number of carbonyl (C=O) groups excluding carboxylic acids is 2. The average Bonchev–Trinajstić information content (AvgIpc) is 3.05. The molecule has 1 saturated carbocycles. The lowest BCUT2D eigenvalue weighted by Gasteiger charge is -2.35. The highest BCUT2D eigenvalue weighted by atomic mass is 16.3. The first-order chi connectivity index (χ1) is 11.5. The van der Waals surface area contributed by atoms with Crippen LogP contribution in [0.25, 0.3) is 0 Å². The number of ketones is 1. The highest BCUT2D eigenvalue weighted by Gasteiger charge is 2.40. The molecule has 24 heavy (non-hydrogen) atoms. The van der Waals surface area contributed by atoms with Gasteiger partial charge in [-0.3, -0.25) is 9.59 Å². The Hall–Kier alpha value is -1.68. The molecule has 4 heteroatoms. The summed E-state index contributed by atoms with van der Waals surface area (Å²) in [5, 5.41) is 10.8. The molecule has 1 amide bonds. The van der Waals surface area contributed by atoms with Crippen molar-refractivity contribution < 1.29 is 14.7 Å². The highest BCUT2D eigenvalue weighted by molar-refractivity contribution is 5.84. The summed E-state index contributed by atoms with van der Waals surface area (Å²) in [6.07, 6.45) is 5.56. The maximum absolute atomic E-state index is 12.8. The summed E-state index contributed by atoms with van der Waals surface area (Å²) in [4.78, 5) is 27.0. The zero-order valence-corrected chi connectivity index (χ0v) is 14.4. The van der Waals surface area contributed by atoms with E-state index in [0.29, 0.717) is 18.7 Å². The van der Waals surface area contributed by atoms with E-state index in [2.05, 4.69) is 0 Å². The summed E-state index contributed by atoms with van der Waals surface area (Å²) in [6, 6.07) is 9.36. The van der Waals surface area contributed by atoms with E-state index in [9.17, 15) is 14.7 Å². The van der Waals surface area contributed by atoms with Crippen LogP contribution in [0, 0.1) is 5.92 Å². The van der Waals surface area contributed by atoms with Crippen LogP contribution in [-0.2, 0) is 15.2 Å². The molecule has 0 aromatic heterocycles. The van der Waals surface area contributed by atoms with Gasteiger partial charge >= 0.3 is 0 Å². The molecule has 130 valence electrons. The summed E-state index contributed by atoms with van der Waals surface area (Å²) in [7, 11) is 0. The van der Waals surface area contributed by atoms with Crippen molar-refractivity contribution in [3.63, 3.8) is 0 Å². The first-order valence-corrected chi connectivity index (χ1v) is 9.09. The van der Waals surface area contributed by atoms with Crippen LogP contribution in [0.5, 0.6) is 0 Å². The van der Waals surface area contributed by atoms with Crippen LogP contribution in [0.1, 0.15) is 57.4 Å². The molecule has 0 spiro atoms. The van der Waals surface area contributed by atoms with Crippen molar-refractivity contribution in [1.29, 1.82) is 0 Å². The first kappa shape index (κ1) is 17.2. The topological polar surface area (TPSA) is 57.6 Å². The van der Waals surface area contributed by atoms with Crippen LogP contribution in [0.3, 0.4) is 0 Å². The number of benzene rings is 1. The van der Waals surface area contributed by atoms with Crippen molar-refractivity contribution in [2.45, 2.75) is 63.5 Å². The first-order valence-electron chi connectivity index (χ1n) is 9.09. The Kier molecular flexibility index (Phi) is 5.04. The zero-order valence-electron chi connectivity index (χ0n) is 14.4. The Morgan fingerprint density at radius 2 is 1.96 bits per heavy atom. The fraction of sp³-hybridized carbons (Fsp3) is 0.600. The molecule has 3 unspecified atom stereocenters. The molecule has 4 nitrogen and oxygen atoms in total. The highest BCUT2D eigenvalue weighted by Crippen LogP contribution is 2.34. The van der Waals surface area contributed by atoms with E-state index in [0.717, 1.165) is 37.7 Å². The molecule has 1 N–H and O–H groups in total. The van der Waals surface area contributed by atoms with E-state index < -0.39 is 5.60 Å². The molecular formula is C20H27NO3. The minimum atomic E-state index is -1.18. The zero-order chi connectivity index (χ0) is 17.2. The van der Waals surface area contributed by atoms with Gasteiger partial charge in [-0.2, -0.15) is 0 Å². The number of amides is 1. The van der Waals surface area contributed by atoms with Crippen LogP contribution in [-0.4, -0.2) is 34.3 Å². The number of hydrogen-bond donors (Lipinski definition) is 1. The van der Waals surface area contributed by atoms with Crippen molar-refractivity contribution in [3.8, 4) is 0 Å². The van der Waals surface area contributed by atoms with E-state index in [4.69, 9.17) is 0 Å². The molecule has 2 aliphatic rings. The standard InChI is InChI=1S/C20H27NO3/c1-20(24,15-8-3-2-4-9-15)14-19(23)21-13-7-11-17(21)16-10-5-6-12-18(16)22/h2-4,8-9,16-17,24H,5-7,10-14H2,1H3. The molecule has 1 saturated heterocycles. The Labute approximate surface area is 143 Å². The van der Waals surface area contributed by atoms with E-state index in [1.807, 2.05) is 35.2 Å². The van der Waals surface area contributed by atoms with Crippen LogP contribution >= 0.6 is 0 Å². The van der Waals surface area contributed by atoms with Gasteiger partial charge in [-0.05, 0) is 38.2 Å². The number of nitrogens with zero attached hydrogens (tertiary/aromatic N) is 1. The van der Waals surface area contributed by atoms with E-state index in [1.54, 1.807) is 6.92 Å². The van der Waals surface area contributed by atoms with Gasteiger partial charge in [0.1, 0.15) is 5.78 Å². The number of likely N-dealkylation sites (tertiary alicyclic amines) is 1. The second kappa shape index (κ2) is 7.06. The number of aliphatic hydroxyl groups is 1. The smallest absolute Gasteiger partial charge is 0.226 e.